The first kappa shape index (κ1) is 10.1. The molecule has 0 amide bonds. The standard InChI is InChI=1S/C12H19N3O/c1-7(2)13-12-14-11(15-16-12)10-6-8-3-4-9(10)5-8/h7-10H,3-6H2,1-2H3,(H,13,14,15). The van der Waals surface area contributed by atoms with E-state index in [2.05, 4.69) is 29.3 Å². The summed E-state index contributed by atoms with van der Waals surface area (Å²) >= 11 is 0. The van der Waals surface area contributed by atoms with E-state index < -0.39 is 0 Å². The van der Waals surface area contributed by atoms with Crippen LogP contribution in [-0.2, 0) is 0 Å². The second-order valence-electron chi connectivity index (χ2n) is 5.54. The predicted molar refractivity (Wildman–Crippen MR) is 61.2 cm³/mol. The van der Waals surface area contributed by atoms with Crippen LogP contribution < -0.4 is 5.32 Å². The summed E-state index contributed by atoms with van der Waals surface area (Å²) in [6, 6.07) is 0.918. The smallest absolute Gasteiger partial charge is 0.321 e. The summed E-state index contributed by atoms with van der Waals surface area (Å²) in [5.41, 5.74) is 0. The van der Waals surface area contributed by atoms with Gasteiger partial charge in [0.1, 0.15) is 0 Å². The van der Waals surface area contributed by atoms with Crippen molar-refractivity contribution >= 4 is 6.01 Å². The van der Waals surface area contributed by atoms with Crippen LogP contribution >= 0.6 is 0 Å². The number of rotatable bonds is 3. The Bertz CT molecular complexity index is 374. The van der Waals surface area contributed by atoms with Gasteiger partial charge in [-0.1, -0.05) is 11.6 Å². The summed E-state index contributed by atoms with van der Waals surface area (Å²) in [4.78, 5) is 4.46. The molecule has 2 aliphatic carbocycles. The van der Waals surface area contributed by atoms with Gasteiger partial charge in [-0.05, 0) is 44.9 Å². The van der Waals surface area contributed by atoms with Crippen molar-refractivity contribution in [3.8, 4) is 0 Å². The largest absolute Gasteiger partial charge is 0.336 e. The zero-order valence-electron chi connectivity index (χ0n) is 9.94. The number of aromatic nitrogens is 2. The van der Waals surface area contributed by atoms with Crippen LogP contribution in [0.4, 0.5) is 6.01 Å². The van der Waals surface area contributed by atoms with Crippen molar-refractivity contribution in [1.29, 1.82) is 0 Å². The van der Waals surface area contributed by atoms with Crippen molar-refractivity contribution in [1.82, 2.24) is 10.1 Å². The number of nitrogens with one attached hydrogen (secondary N) is 1. The van der Waals surface area contributed by atoms with E-state index in [0.717, 1.165) is 17.7 Å². The van der Waals surface area contributed by atoms with E-state index in [1.165, 1.54) is 25.7 Å². The van der Waals surface area contributed by atoms with E-state index >= 15 is 0 Å². The van der Waals surface area contributed by atoms with Crippen molar-refractivity contribution in [2.24, 2.45) is 11.8 Å². The molecule has 0 saturated heterocycles. The van der Waals surface area contributed by atoms with Gasteiger partial charge in [0.2, 0.25) is 0 Å². The van der Waals surface area contributed by atoms with Crippen LogP contribution in [0.1, 0.15) is 51.3 Å². The van der Waals surface area contributed by atoms with Crippen LogP contribution in [0.15, 0.2) is 4.52 Å². The fourth-order valence-electron chi connectivity index (χ4n) is 3.25. The van der Waals surface area contributed by atoms with Gasteiger partial charge in [0, 0.05) is 12.0 Å². The first-order valence-corrected chi connectivity index (χ1v) is 6.32. The van der Waals surface area contributed by atoms with Crippen molar-refractivity contribution in [3.63, 3.8) is 0 Å². The van der Waals surface area contributed by atoms with E-state index in [9.17, 15) is 0 Å². The average molecular weight is 221 g/mol. The molecule has 1 aromatic heterocycles. The normalized spacial score (nSPS) is 32.6. The fourth-order valence-corrected chi connectivity index (χ4v) is 3.25. The third-order valence-corrected chi connectivity index (χ3v) is 3.92. The van der Waals surface area contributed by atoms with Gasteiger partial charge in [-0.15, -0.1) is 0 Å². The molecule has 1 heterocycles. The molecule has 3 unspecified atom stereocenters. The maximum Gasteiger partial charge on any atom is 0.321 e. The SMILES string of the molecule is CC(C)Nc1nc(C2CC3CCC2C3)no1. The quantitative estimate of drug-likeness (QED) is 0.852. The molecule has 3 rings (SSSR count). The van der Waals surface area contributed by atoms with Gasteiger partial charge in [0.25, 0.3) is 0 Å². The number of fused-ring (bicyclic) bond motifs is 2. The summed E-state index contributed by atoms with van der Waals surface area (Å²) in [6.45, 7) is 4.14. The minimum atomic E-state index is 0.341. The average Bonchev–Trinajstić information content (AvgIpc) is 2.89. The van der Waals surface area contributed by atoms with E-state index in [1.807, 2.05) is 0 Å². The third kappa shape index (κ3) is 1.70. The molecular formula is C12H19N3O. The highest BCUT2D eigenvalue weighted by Crippen LogP contribution is 2.52. The lowest BCUT2D eigenvalue weighted by Crippen LogP contribution is -2.12. The van der Waals surface area contributed by atoms with Gasteiger partial charge >= 0.3 is 6.01 Å². The Morgan fingerprint density at radius 1 is 1.31 bits per heavy atom. The van der Waals surface area contributed by atoms with E-state index in [0.29, 0.717) is 18.0 Å². The van der Waals surface area contributed by atoms with Crippen LogP contribution in [0.2, 0.25) is 0 Å². The van der Waals surface area contributed by atoms with E-state index in [1.54, 1.807) is 0 Å². The molecule has 2 bridgehead atoms. The van der Waals surface area contributed by atoms with Crippen LogP contribution in [0.5, 0.6) is 0 Å². The molecule has 0 spiro atoms. The lowest BCUT2D eigenvalue weighted by atomic mass is 9.88. The zero-order valence-corrected chi connectivity index (χ0v) is 9.94. The van der Waals surface area contributed by atoms with E-state index in [-0.39, 0.29) is 0 Å². The molecule has 2 aliphatic rings. The molecule has 3 atom stereocenters. The Kier molecular flexibility index (Phi) is 2.37. The molecule has 1 N–H and O–H groups in total. The number of nitrogens with zero attached hydrogens (tertiary/aromatic N) is 2. The molecule has 88 valence electrons. The summed E-state index contributed by atoms with van der Waals surface area (Å²) in [6.07, 6.45) is 5.42. The van der Waals surface area contributed by atoms with Gasteiger partial charge in [-0.25, -0.2) is 0 Å². The lowest BCUT2D eigenvalue weighted by Gasteiger charge is -2.17. The van der Waals surface area contributed by atoms with Gasteiger partial charge in [-0.3, -0.25) is 0 Å². The van der Waals surface area contributed by atoms with Crippen molar-refractivity contribution in [3.05, 3.63) is 5.82 Å². The highest BCUT2D eigenvalue weighted by molar-refractivity contribution is 5.21. The number of hydrogen-bond acceptors (Lipinski definition) is 4. The monoisotopic (exact) mass is 221 g/mol. The molecule has 2 saturated carbocycles. The molecule has 16 heavy (non-hydrogen) atoms. The fraction of sp³-hybridized carbons (Fsp3) is 0.833. The zero-order chi connectivity index (χ0) is 11.1. The minimum absolute atomic E-state index is 0.341. The van der Waals surface area contributed by atoms with Gasteiger partial charge < -0.3 is 9.84 Å². The van der Waals surface area contributed by atoms with Crippen molar-refractivity contribution in [2.45, 2.75) is 51.5 Å². The highest BCUT2D eigenvalue weighted by atomic mass is 16.5. The number of anilines is 1. The topological polar surface area (TPSA) is 51.0 Å². The maximum atomic E-state index is 5.22. The van der Waals surface area contributed by atoms with E-state index in [4.69, 9.17) is 4.52 Å². The van der Waals surface area contributed by atoms with Crippen LogP contribution in [0.25, 0.3) is 0 Å². The molecular weight excluding hydrogens is 202 g/mol. The molecule has 4 nitrogen and oxygen atoms in total. The van der Waals surface area contributed by atoms with Gasteiger partial charge in [-0.2, -0.15) is 4.98 Å². The Balaban J connectivity index is 1.73. The first-order chi connectivity index (χ1) is 7.72. The Labute approximate surface area is 95.8 Å². The van der Waals surface area contributed by atoms with Crippen LogP contribution in [0, 0.1) is 11.8 Å². The molecule has 0 radical (unpaired) electrons. The van der Waals surface area contributed by atoms with Crippen LogP contribution in [0.3, 0.4) is 0 Å². The van der Waals surface area contributed by atoms with Crippen molar-refractivity contribution < 1.29 is 4.52 Å². The minimum Gasteiger partial charge on any atom is -0.336 e. The molecule has 0 aromatic carbocycles. The highest BCUT2D eigenvalue weighted by Gasteiger charge is 2.42. The molecule has 4 heteroatoms. The Morgan fingerprint density at radius 3 is 2.81 bits per heavy atom. The maximum absolute atomic E-state index is 5.22. The summed E-state index contributed by atoms with van der Waals surface area (Å²) in [5.74, 6) is 3.23. The Hall–Kier alpha value is -1.06. The summed E-state index contributed by atoms with van der Waals surface area (Å²) < 4.78 is 5.22. The lowest BCUT2D eigenvalue weighted by molar-refractivity contribution is 0.372. The molecule has 1 aromatic rings. The summed E-state index contributed by atoms with van der Waals surface area (Å²) in [5, 5.41) is 7.27. The van der Waals surface area contributed by atoms with Gasteiger partial charge in [0.05, 0.1) is 0 Å². The molecule has 2 fully saturated rings. The van der Waals surface area contributed by atoms with Gasteiger partial charge in [0.15, 0.2) is 5.82 Å². The van der Waals surface area contributed by atoms with Crippen molar-refractivity contribution in [2.75, 3.05) is 5.32 Å². The third-order valence-electron chi connectivity index (χ3n) is 3.92. The first-order valence-electron chi connectivity index (χ1n) is 6.32. The van der Waals surface area contributed by atoms with Crippen LogP contribution in [-0.4, -0.2) is 16.2 Å². The summed E-state index contributed by atoms with van der Waals surface area (Å²) in [7, 11) is 0. The predicted octanol–water partition coefficient (Wildman–Crippen LogP) is 2.79. The second kappa shape index (κ2) is 3.75. The second-order valence-corrected chi connectivity index (χ2v) is 5.54. The number of hydrogen-bond donors (Lipinski definition) is 1. The Morgan fingerprint density at radius 2 is 2.19 bits per heavy atom. The molecule has 0 aliphatic heterocycles.